The zero-order chi connectivity index (χ0) is 13.0. The molecule has 88 valence electrons. The zero-order valence-corrected chi connectivity index (χ0v) is 10.6. The van der Waals surface area contributed by atoms with Crippen molar-refractivity contribution >= 4 is 44.8 Å². The van der Waals surface area contributed by atoms with Crippen LogP contribution >= 0.6 is 27.5 Å². The highest BCUT2D eigenvalue weighted by Crippen LogP contribution is 2.30. The minimum Gasteiger partial charge on any atom is -0.382 e. The second-order valence-electron chi connectivity index (χ2n) is 2.82. The van der Waals surface area contributed by atoms with Crippen LogP contribution in [0.3, 0.4) is 0 Å². The van der Waals surface area contributed by atoms with E-state index in [4.69, 9.17) is 28.0 Å². The Morgan fingerprint density at radius 1 is 1.65 bits per heavy atom. The molecule has 0 amide bonds. The monoisotopic (exact) mass is 317 g/mol. The molecule has 0 radical (unpaired) electrons. The molecule has 0 saturated carbocycles. The van der Waals surface area contributed by atoms with Crippen LogP contribution in [0, 0.1) is 22.6 Å². The predicted molar refractivity (Wildman–Crippen MR) is 67.7 cm³/mol. The first-order valence-electron chi connectivity index (χ1n) is 4.19. The average Bonchev–Trinajstić information content (AvgIpc) is 2.29. The van der Waals surface area contributed by atoms with E-state index >= 15 is 0 Å². The van der Waals surface area contributed by atoms with Gasteiger partial charge in [0.05, 0.1) is 10.7 Å². The van der Waals surface area contributed by atoms with Crippen LogP contribution < -0.4 is 11.2 Å². The average molecular weight is 319 g/mol. The van der Waals surface area contributed by atoms with E-state index in [1.165, 1.54) is 12.1 Å². The van der Waals surface area contributed by atoms with E-state index in [9.17, 15) is 4.39 Å². The molecule has 0 saturated heterocycles. The maximum Gasteiger partial charge on any atom is 0.201 e. The normalized spacial score (nSPS) is 10.8. The van der Waals surface area contributed by atoms with E-state index in [2.05, 4.69) is 26.5 Å². The van der Waals surface area contributed by atoms with Crippen molar-refractivity contribution in [1.82, 2.24) is 0 Å². The summed E-state index contributed by atoms with van der Waals surface area (Å²) in [6.07, 6.45) is 0. The Balaban J connectivity index is 3.02. The molecule has 5 nitrogen and oxygen atoms in total. The highest BCUT2D eigenvalue weighted by atomic mass is 79.9. The first kappa shape index (κ1) is 13.4. The number of anilines is 1. The number of nitrogens with two attached hydrogens (primary N) is 1. The van der Waals surface area contributed by atoms with Crippen molar-refractivity contribution in [3.8, 4) is 6.07 Å². The fourth-order valence-electron chi connectivity index (χ4n) is 0.874. The van der Waals surface area contributed by atoms with Crippen LogP contribution in [0.1, 0.15) is 0 Å². The van der Waals surface area contributed by atoms with Crippen molar-refractivity contribution in [2.45, 2.75) is 0 Å². The summed E-state index contributed by atoms with van der Waals surface area (Å²) in [7, 11) is 0. The third-order valence-electron chi connectivity index (χ3n) is 1.68. The van der Waals surface area contributed by atoms with Gasteiger partial charge in [-0.15, -0.1) is 0 Å². The Bertz CT molecular complexity index is 537. The maximum atomic E-state index is 13.6. The SMILES string of the molecule is N#C/C(=N\Nc1ccc(Br)c(Cl)c1F)C(=N)N. The van der Waals surface area contributed by atoms with Crippen LogP contribution in [-0.4, -0.2) is 11.5 Å². The van der Waals surface area contributed by atoms with E-state index < -0.39 is 11.7 Å². The number of amidine groups is 1. The van der Waals surface area contributed by atoms with Crippen molar-refractivity contribution in [3.05, 3.63) is 27.4 Å². The maximum absolute atomic E-state index is 13.6. The van der Waals surface area contributed by atoms with Gasteiger partial charge in [0, 0.05) is 4.47 Å². The number of hydrogen-bond donors (Lipinski definition) is 3. The number of hydrogen-bond acceptors (Lipinski definition) is 4. The standard InChI is InChI=1S/C9H6BrClFN5/c10-4-1-2-5(8(12)7(4)11)16-17-6(3-13)9(14)15/h1-2,16H,(H3,14,15)/b17-6+. The molecule has 1 rings (SSSR count). The summed E-state index contributed by atoms with van der Waals surface area (Å²) in [4.78, 5) is 0. The lowest BCUT2D eigenvalue weighted by atomic mass is 10.3. The van der Waals surface area contributed by atoms with Gasteiger partial charge < -0.3 is 5.73 Å². The first-order chi connectivity index (χ1) is 7.97. The van der Waals surface area contributed by atoms with Crippen LogP contribution in [-0.2, 0) is 0 Å². The molecule has 0 aromatic heterocycles. The van der Waals surface area contributed by atoms with Crippen molar-refractivity contribution in [3.63, 3.8) is 0 Å². The van der Waals surface area contributed by atoms with Gasteiger partial charge in [-0.3, -0.25) is 10.8 Å². The lowest BCUT2D eigenvalue weighted by Gasteiger charge is -2.05. The van der Waals surface area contributed by atoms with Gasteiger partial charge in [0.2, 0.25) is 5.71 Å². The van der Waals surface area contributed by atoms with Gasteiger partial charge in [-0.05, 0) is 28.1 Å². The van der Waals surface area contributed by atoms with Crippen molar-refractivity contribution in [2.24, 2.45) is 10.8 Å². The summed E-state index contributed by atoms with van der Waals surface area (Å²) in [6, 6.07) is 4.49. The van der Waals surface area contributed by atoms with E-state index in [1.807, 2.05) is 0 Å². The third-order valence-corrected chi connectivity index (χ3v) is 2.94. The zero-order valence-electron chi connectivity index (χ0n) is 8.26. The van der Waals surface area contributed by atoms with Gasteiger partial charge in [-0.1, -0.05) is 11.6 Å². The Hall–Kier alpha value is -1.65. The predicted octanol–water partition coefficient (Wildman–Crippen LogP) is 2.47. The Morgan fingerprint density at radius 2 is 2.29 bits per heavy atom. The Morgan fingerprint density at radius 3 is 2.82 bits per heavy atom. The smallest absolute Gasteiger partial charge is 0.201 e. The molecule has 0 aliphatic rings. The van der Waals surface area contributed by atoms with Gasteiger partial charge >= 0.3 is 0 Å². The van der Waals surface area contributed by atoms with Gasteiger partial charge in [0.25, 0.3) is 0 Å². The van der Waals surface area contributed by atoms with Gasteiger partial charge in [0.15, 0.2) is 11.7 Å². The molecule has 0 atom stereocenters. The van der Waals surface area contributed by atoms with Gasteiger partial charge in [0.1, 0.15) is 6.07 Å². The van der Waals surface area contributed by atoms with Gasteiger partial charge in [-0.25, -0.2) is 4.39 Å². The molecular weight excluding hydrogens is 312 g/mol. The third kappa shape index (κ3) is 3.15. The largest absolute Gasteiger partial charge is 0.382 e. The molecular formula is C9H6BrClFN5. The van der Waals surface area contributed by atoms with Crippen molar-refractivity contribution in [1.29, 1.82) is 10.7 Å². The molecule has 0 fully saturated rings. The molecule has 4 N–H and O–H groups in total. The molecule has 0 bridgehead atoms. The second-order valence-corrected chi connectivity index (χ2v) is 4.05. The van der Waals surface area contributed by atoms with Crippen LogP contribution in [0.4, 0.5) is 10.1 Å². The fraction of sp³-hybridized carbons (Fsp3) is 0. The number of nitrogens with zero attached hydrogens (tertiary/aromatic N) is 2. The molecule has 0 aliphatic carbocycles. The molecule has 1 aromatic rings. The number of benzene rings is 1. The second kappa shape index (κ2) is 5.61. The summed E-state index contributed by atoms with van der Waals surface area (Å²) in [5.41, 5.74) is 6.98. The van der Waals surface area contributed by atoms with Gasteiger partial charge in [-0.2, -0.15) is 10.4 Å². The highest BCUT2D eigenvalue weighted by molar-refractivity contribution is 9.10. The van der Waals surface area contributed by atoms with E-state index in [0.717, 1.165) is 0 Å². The molecule has 8 heteroatoms. The summed E-state index contributed by atoms with van der Waals surface area (Å²) in [6.45, 7) is 0. The number of nitrogens with one attached hydrogen (secondary N) is 2. The molecule has 0 heterocycles. The molecule has 0 aliphatic heterocycles. The highest BCUT2D eigenvalue weighted by Gasteiger charge is 2.10. The summed E-state index contributed by atoms with van der Waals surface area (Å²) in [5.74, 6) is -1.23. The summed E-state index contributed by atoms with van der Waals surface area (Å²) < 4.78 is 14.0. The quantitative estimate of drug-likeness (QED) is 0.345. The Kier molecular flexibility index (Phi) is 4.43. The number of halogens is 3. The molecule has 17 heavy (non-hydrogen) atoms. The lowest BCUT2D eigenvalue weighted by Crippen LogP contribution is -2.22. The van der Waals surface area contributed by atoms with Crippen LogP contribution in [0.5, 0.6) is 0 Å². The molecule has 1 aromatic carbocycles. The van der Waals surface area contributed by atoms with E-state index in [0.29, 0.717) is 4.47 Å². The minimum atomic E-state index is -0.717. The number of hydrazone groups is 1. The topological polar surface area (TPSA) is 98.0 Å². The lowest BCUT2D eigenvalue weighted by molar-refractivity contribution is 0.630. The minimum absolute atomic E-state index is 0.0211. The first-order valence-corrected chi connectivity index (χ1v) is 5.36. The van der Waals surface area contributed by atoms with E-state index in [1.54, 1.807) is 6.07 Å². The summed E-state index contributed by atoms with van der Waals surface area (Å²) >= 11 is 8.71. The number of nitriles is 1. The van der Waals surface area contributed by atoms with Crippen LogP contribution in [0.2, 0.25) is 5.02 Å². The van der Waals surface area contributed by atoms with Crippen molar-refractivity contribution < 1.29 is 4.39 Å². The Labute approximate surface area is 110 Å². The molecule has 0 spiro atoms. The van der Waals surface area contributed by atoms with E-state index in [-0.39, 0.29) is 16.4 Å². The van der Waals surface area contributed by atoms with Crippen LogP contribution in [0.15, 0.2) is 21.7 Å². The fourth-order valence-corrected chi connectivity index (χ4v) is 1.34. The van der Waals surface area contributed by atoms with Crippen molar-refractivity contribution in [2.75, 3.05) is 5.43 Å². The molecule has 0 unspecified atom stereocenters. The van der Waals surface area contributed by atoms with Crippen LogP contribution in [0.25, 0.3) is 0 Å². The summed E-state index contributed by atoms with van der Waals surface area (Å²) in [5, 5.41) is 19.0. The number of rotatable bonds is 3.